The highest BCUT2D eigenvalue weighted by atomic mass is 16.4. The lowest BCUT2D eigenvalue weighted by molar-refractivity contribution is -0.141. The molecule has 6 nitrogen and oxygen atoms in total. The fraction of sp³-hybridized carbons (Fsp3) is 0.727. The van der Waals surface area contributed by atoms with Crippen LogP contribution >= 0.6 is 0 Å². The van der Waals surface area contributed by atoms with Gasteiger partial charge in [-0.1, -0.05) is 0 Å². The summed E-state index contributed by atoms with van der Waals surface area (Å²) in [6.07, 6.45) is 2.71. The van der Waals surface area contributed by atoms with E-state index in [1.807, 2.05) is 0 Å². The Hall–Kier alpha value is -1.59. The first-order valence-corrected chi connectivity index (χ1v) is 5.89. The van der Waals surface area contributed by atoms with Gasteiger partial charge in [0.1, 0.15) is 6.04 Å². The van der Waals surface area contributed by atoms with E-state index in [1.165, 1.54) is 0 Å². The summed E-state index contributed by atoms with van der Waals surface area (Å²) in [5, 5.41) is 14.2. The summed E-state index contributed by atoms with van der Waals surface area (Å²) in [5.74, 6) is -1.43. The quantitative estimate of drug-likeness (QED) is 0.627. The maximum atomic E-state index is 11.8. The van der Waals surface area contributed by atoms with E-state index in [1.54, 1.807) is 0 Å². The molecule has 1 aliphatic heterocycles. The van der Waals surface area contributed by atoms with Crippen LogP contribution in [0.5, 0.6) is 0 Å². The van der Waals surface area contributed by atoms with Crippen molar-refractivity contribution >= 4 is 17.8 Å². The van der Waals surface area contributed by atoms with Crippen molar-refractivity contribution in [3.63, 3.8) is 0 Å². The predicted octanol–water partition coefficient (Wildman–Crippen LogP) is -0.365. The van der Waals surface area contributed by atoms with Crippen molar-refractivity contribution in [3.8, 4) is 0 Å². The molecular formula is C11H16N2O4. The average molecular weight is 240 g/mol. The van der Waals surface area contributed by atoms with E-state index in [-0.39, 0.29) is 23.8 Å². The van der Waals surface area contributed by atoms with Gasteiger partial charge < -0.3 is 15.7 Å². The molecule has 1 saturated carbocycles. The van der Waals surface area contributed by atoms with E-state index < -0.39 is 12.0 Å². The Bertz CT molecular complexity index is 355. The van der Waals surface area contributed by atoms with Gasteiger partial charge in [0.05, 0.1) is 5.92 Å². The number of hydrogen-bond acceptors (Lipinski definition) is 3. The summed E-state index contributed by atoms with van der Waals surface area (Å²) in [6, 6.07) is -0.507. The van der Waals surface area contributed by atoms with Gasteiger partial charge in [-0.05, 0) is 25.7 Å². The number of nitrogens with one attached hydrogen (secondary N) is 2. The number of carbonyl (C=O) groups is 3. The van der Waals surface area contributed by atoms with Gasteiger partial charge in [0.2, 0.25) is 11.8 Å². The SMILES string of the molecule is O=C1CCC(C(=O)N[C@H]2CC[C@@H](C(=O)O)C2)N1. The van der Waals surface area contributed by atoms with Gasteiger partial charge in [0, 0.05) is 12.5 Å². The van der Waals surface area contributed by atoms with Gasteiger partial charge in [-0.25, -0.2) is 0 Å². The van der Waals surface area contributed by atoms with Crippen LogP contribution in [-0.2, 0) is 14.4 Å². The molecule has 1 unspecified atom stereocenters. The summed E-state index contributed by atoms with van der Waals surface area (Å²) < 4.78 is 0. The minimum absolute atomic E-state index is 0.0684. The van der Waals surface area contributed by atoms with Crippen LogP contribution in [0.1, 0.15) is 32.1 Å². The summed E-state index contributed by atoms with van der Waals surface area (Å²) in [6.45, 7) is 0. The van der Waals surface area contributed by atoms with Crippen molar-refractivity contribution in [2.45, 2.75) is 44.2 Å². The first-order valence-electron chi connectivity index (χ1n) is 5.89. The van der Waals surface area contributed by atoms with E-state index >= 15 is 0 Å². The molecule has 1 aliphatic carbocycles. The van der Waals surface area contributed by atoms with Crippen LogP contribution in [-0.4, -0.2) is 35.0 Å². The lowest BCUT2D eigenvalue weighted by atomic mass is 10.1. The predicted molar refractivity (Wildman–Crippen MR) is 58.1 cm³/mol. The number of carboxylic acid groups (broad SMARTS) is 1. The molecule has 0 aromatic rings. The molecule has 3 atom stereocenters. The molecule has 2 fully saturated rings. The Morgan fingerprint density at radius 3 is 2.59 bits per heavy atom. The molecular weight excluding hydrogens is 224 g/mol. The molecule has 1 heterocycles. The van der Waals surface area contributed by atoms with Crippen molar-refractivity contribution in [2.24, 2.45) is 5.92 Å². The van der Waals surface area contributed by atoms with Crippen LogP contribution in [0.2, 0.25) is 0 Å². The molecule has 0 aromatic carbocycles. The molecule has 2 aliphatic rings. The Kier molecular flexibility index (Phi) is 3.31. The van der Waals surface area contributed by atoms with Gasteiger partial charge in [-0.15, -0.1) is 0 Å². The Balaban J connectivity index is 1.80. The van der Waals surface area contributed by atoms with E-state index in [4.69, 9.17) is 5.11 Å². The van der Waals surface area contributed by atoms with Crippen LogP contribution in [0.3, 0.4) is 0 Å². The number of carbonyl (C=O) groups excluding carboxylic acids is 2. The second-order valence-corrected chi connectivity index (χ2v) is 4.71. The summed E-state index contributed by atoms with van der Waals surface area (Å²) in [4.78, 5) is 33.5. The van der Waals surface area contributed by atoms with Gasteiger partial charge in [0.15, 0.2) is 0 Å². The van der Waals surface area contributed by atoms with E-state index in [2.05, 4.69) is 10.6 Å². The zero-order chi connectivity index (χ0) is 12.4. The molecule has 94 valence electrons. The normalized spacial score (nSPS) is 32.2. The standard InChI is InChI=1S/C11H16N2O4/c14-9-4-3-8(13-9)10(15)12-7-2-1-6(5-7)11(16)17/h6-8H,1-5H2,(H,12,15)(H,13,14)(H,16,17)/t6-,7+,8?/m1/s1. The average Bonchev–Trinajstić information content (AvgIpc) is 2.86. The number of hydrogen-bond donors (Lipinski definition) is 3. The first-order chi connectivity index (χ1) is 8.06. The molecule has 2 rings (SSSR count). The van der Waals surface area contributed by atoms with Crippen LogP contribution < -0.4 is 10.6 Å². The van der Waals surface area contributed by atoms with E-state index in [9.17, 15) is 14.4 Å². The van der Waals surface area contributed by atoms with Gasteiger partial charge in [-0.2, -0.15) is 0 Å². The van der Waals surface area contributed by atoms with Crippen molar-refractivity contribution in [1.82, 2.24) is 10.6 Å². The van der Waals surface area contributed by atoms with Crippen LogP contribution in [0.15, 0.2) is 0 Å². The van der Waals surface area contributed by atoms with Gasteiger partial charge in [-0.3, -0.25) is 14.4 Å². The molecule has 0 spiro atoms. The van der Waals surface area contributed by atoms with Crippen molar-refractivity contribution in [3.05, 3.63) is 0 Å². The molecule has 1 saturated heterocycles. The maximum absolute atomic E-state index is 11.8. The van der Waals surface area contributed by atoms with Crippen LogP contribution in [0.4, 0.5) is 0 Å². The third-order valence-corrected chi connectivity index (χ3v) is 3.44. The molecule has 17 heavy (non-hydrogen) atoms. The highest BCUT2D eigenvalue weighted by Gasteiger charge is 2.33. The number of carboxylic acids is 1. The zero-order valence-electron chi connectivity index (χ0n) is 9.44. The van der Waals surface area contributed by atoms with Crippen molar-refractivity contribution in [1.29, 1.82) is 0 Å². The zero-order valence-corrected chi connectivity index (χ0v) is 9.44. The number of rotatable bonds is 3. The van der Waals surface area contributed by atoms with Crippen LogP contribution in [0, 0.1) is 5.92 Å². The molecule has 2 amide bonds. The molecule has 3 N–H and O–H groups in total. The summed E-state index contributed by atoms with van der Waals surface area (Å²) in [5.41, 5.74) is 0. The third kappa shape index (κ3) is 2.75. The van der Waals surface area contributed by atoms with Crippen molar-refractivity contribution < 1.29 is 19.5 Å². The Morgan fingerprint density at radius 1 is 1.29 bits per heavy atom. The topological polar surface area (TPSA) is 95.5 Å². The lowest BCUT2D eigenvalue weighted by Gasteiger charge is -2.16. The van der Waals surface area contributed by atoms with Crippen LogP contribution in [0.25, 0.3) is 0 Å². The summed E-state index contributed by atoms with van der Waals surface area (Å²) in [7, 11) is 0. The number of aliphatic carboxylic acids is 1. The molecule has 0 aromatic heterocycles. The third-order valence-electron chi connectivity index (χ3n) is 3.44. The Labute approximate surface area is 98.8 Å². The highest BCUT2D eigenvalue weighted by molar-refractivity contribution is 5.90. The first kappa shape index (κ1) is 11.9. The monoisotopic (exact) mass is 240 g/mol. The second-order valence-electron chi connectivity index (χ2n) is 4.71. The largest absolute Gasteiger partial charge is 0.481 e. The van der Waals surface area contributed by atoms with E-state index in [0.29, 0.717) is 32.1 Å². The van der Waals surface area contributed by atoms with Crippen molar-refractivity contribution in [2.75, 3.05) is 0 Å². The fourth-order valence-electron chi connectivity index (χ4n) is 2.45. The van der Waals surface area contributed by atoms with E-state index in [0.717, 1.165) is 0 Å². The van der Waals surface area contributed by atoms with Gasteiger partial charge in [0.25, 0.3) is 0 Å². The minimum Gasteiger partial charge on any atom is -0.481 e. The molecule has 0 radical (unpaired) electrons. The molecule has 0 bridgehead atoms. The number of amides is 2. The maximum Gasteiger partial charge on any atom is 0.306 e. The fourth-order valence-corrected chi connectivity index (χ4v) is 2.45. The second kappa shape index (κ2) is 4.73. The highest BCUT2D eigenvalue weighted by Crippen LogP contribution is 2.25. The smallest absolute Gasteiger partial charge is 0.306 e. The Morgan fingerprint density at radius 2 is 2.06 bits per heavy atom. The van der Waals surface area contributed by atoms with Gasteiger partial charge >= 0.3 is 5.97 Å². The summed E-state index contributed by atoms with van der Waals surface area (Å²) >= 11 is 0. The lowest BCUT2D eigenvalue weighted by Crippen LogP contribution is -2.45. The minimum atomic E-state index is -0.795. The molecule has 6 heteroatoms.